The Kier molecular flexibility index (Phi) is 8.33. The van der Waals surface area contributed by atoms with Gasteiger partial charge in [0.15, 0.2) is 5.96 Å². The highest BCUT2D eigenvalue weighted by Gasteiger charge is 2.10. The number of benzene rings is 2. The predicted molar refractivity (Wildman–Crippen MR) is 119 cm³/mol. The number of halogens is 1. The third kappa shape index (κ3) is 7.52. The highest BCUT2D eigenvalue weighted by Crippen LogP contribution is 2.25. The van der Waals surface area contributed by atoms with E-state index in [2.05, 4.69) is 22.8 Å². The van der Waals surface area contributed by atoms with Gasteiger partial charge in [-0.25, -0.2) is 13.4 Å². The van der Waals surface area contributed by atoms with Crippen LogP contribution < -0.4 is 10.6 Å². The average molecular weight is 422 g/mol. The van der Waals surface area contributed by atoms with Crippen molar-refractivity contribution < 1.29 is 8.42 Å². The van der Waals surface area contributed by atoms with Crippen LogP contribution in [0.2, 0.25) is 5.02 Å². The van der Waals surface area contributed by atoms with Crippen molar-refractivity contribution in [1.82, 2.24) is 10.6 Å². The smallest absolute Gasteiger partial charge is 0.191 e. The molecule has 0 fully saturated rings. The molecule has 1 atom stereocenters. The minimum Gasteiger partial charge on any atom is -0.357 e. The molecule has 2 rings (SSSR count). The number of nitrogens with one attached hydrogen (secondary N) is 2. The van der Waals surface area contributed by atoms with E-state index in [4.69, 9.17) is 16.6 Å². The van der Waals surface area contributed by atoms with Crippen LogP contribution in [-0.4, -0.2) is 39.0 Å². The normalized spacial score (nSPS) is 13.2. The van der Waals surface area contributed by atoms with Crippen LogP contribution in [0.15, 0.2) is 53.5 Å². The maximum absolute atomic E-state index is 11.4. The van der Waals surface area contributed by atoms with Crippen molar-refractivity contribution in [2.24, 2.45) is 4.99 Å². The van der Waals surface area contributed by atoms with Gasteiger partial charge in [0.05, 0.1) is 12.3 Å². The second-order valence-corrected chi connectivity index (χ2v) is 9.52. The van der Waals surface area contributed by atoms with Crippen LogP contribution in [0, 0.1) is 0 Å². The lowest BCUT2D eigenvalue weighted by Crippen LogP contribution is -2.42. The minimum atomic E-state index is -2.97. The number of hydrogen-bond acceptors (Lipinski definition) is 3. The van der Waals surface area contributed by atoms with Gasteiger partial charge in [-0.2, -0.15) is 0 Å². The van der Waals surface area contributed by atoms with Gasteiger partial charge in [0.1, 0.15) is 9.84 Å². The minimum absolute atomic E-state index is 0.000894. The molecule has 0 radical (unpaired) electrons. The van der Waals surface area contributed by atoms with E-state index in [9.17, 15) is 8.42 Å². The molecule has 7 heteroatoms. The Morgan fingerprint density at radius 1 is 1.14 bits per heavy atom. The van der Waals surface area contributed by atoms with Crippen LogP contribution in [0.3, 0.4) is 0 Å². The van der Waals surface area contributed by atoms with Gasteiger partial charge in [-0.1, -0.05) is 48.0 Å². The first kappa shape index (κ1) is 22.2. The Morgan fingerprint density at radius 2 is 1.82 bits per heavy atom. The molecule has 0 heterocycles. The van der Waals surface area contributed by atoms with Gasteiger partial charge in [-0.05, 0) is 49.1 Å². The van der Waals surface area contributed by atoms with Gasteiger partial charge in [-0.15, -0.1) is 0 Å². The lowest BCUT2D eigenvalue weighted by molar-refractivity contribution is 0.581. The topological polar surface area (TPSA) is 70.6 Å². The lowest BCUT2D eigenvalue weighted by atomic mass is 10.00. The SMILES string of the molecule is CCNC(=NCc1ccccc1-c1ccc(Cl)cc1)NC(C)CCS(C)(=O)=O. The first-order chi connectivity index (χ1) is 13.3. The second kappa shape index (κ2) is 10.5. The van der Waals surface area contributed by atoms with E-state index >= 15 is 0 Å². The summed E-state index contributed by atoms with van der Waals surface area (Å²) >= 11 is 6.00. The van der Waals surface area contributed by atoms with E-state index < -0.39 is 9.84 Å². The van der Waals surface area contributed by atoms with Crippen LogP contribution in [0.4, 0.5) is 0 Å². The second-order valence-electron chi connectivity index (χ2n) is 6.82. The molecule has 2 N–H and O–H groups in total. The highest BCUT2D eigenvalue weighted by molar-refractivity contribution is 7.90. The molecule has 0 bridgehead atoms. The van der Waals surface area contributed by atoms with Crippen LogP contribution in [0.1, 0.15) is 25.8 Å². The molecule has 0 spiro atoms. The number of rotatable bonds is 8. The zero-order chi connectivity index (χ0) is 20.6. The van der Waals surface area contributed by atoms with Crippen molar-refractivity contribution >= 4 is 27.4 Å². The van der Waals surface area contributed by atoms with Gasteiger partial charge in [-0.3, -0.25) is 0 Å². The fourth-order valence-corrected chi connectivity index (χ4v) is 3.66. The molecule has 0 amide bonds. The van der Waals surface area contributed by atoms with Crippen molar-refractivity contribution in [3.8, 4) is 11.1 Å². The van der Waals surface area contributed by atoms with Gasteiger partial charge in [0.2, 0.25) is 0 Å². The summed E-state index contributed by atoms with van der Waals surface area (Å²) in [7, 11) is -2.97. The molecule has 0 saturated carbocycles. The molecule has 0 aliphatic rings. The maximum atomic E-state index is 11.4. The van der Waals surface area contributed by atoms with E-state index in [-0.39, 0.29) is 11.8 Å². The number of nitrogens with zero attached hydrogens (tertiary/aromatic N) is 1. The molecule has 2 aromatic carbocycles. The van der Waals surface area contributed by atoms with Crippen LogP contribution in [0.25, 0.3) is 11.1 Å². The first-order valence-electron chi connectivity index (χ1n) is 9.35. The van der Waals surface area contributed by atoms with E-state index in [0.717, 1.165) is 23.2 Å². The van der Waals surface area contributed by atoms with Gasteiger partial charge in [0, 0.05) is 23.9 Å². The zero-order valence-corrected chi connectivity index (χ0v) is 18.1. The van der Waals surface area contributed by atoms with Crippen molar-refractivity contribution in [3.63, 3.8) is 0 Å². The summed E-state index contributed by atoms with van der Waals surface area (Å²) in [6.07, 6.45) is 1.79. The summed E-state index contributed by atoms with van der Waals surface area (Å²) in [6, 6.07) is 15.9. The van der Waals surface area contributed by atoms with E-state index in [1.165, 1.54) is 6.26 Å². The third-order valence-corrected chi connectivity index (χ3v) is 5.46. The quantitative estimate of drug-likeness (QED) is 0.501. The predicted octanol–water partition coefficient (Wildman–Crippen LogP) is 3.89. The molecule has 28 heavy (non-hydrogen) atoms. The van der Waals surface area contributed by atoms with Crippen molar-refractivity contribution in [2.45, 2.75) is 32.9 Å². The molecule has 5 nitrogen and oxygen atoms in total. The molecule has 0 aliphatic carbocycles. The molecule has 1 unspecified atom stereocenters. The summed E-state index contributed by atoms with van der Waals surface area (Å²) in [5.41, 5.74) is 3.31. The Hall–Kier alpha value is -2.05. The fraction of sp³-hybridized carbons (Fsp3) is 0.381. The van der Waals surface area contributed by atoms with Gasteiger partial charge >= 0.3 is 0 Å². The standard InChI is InChI=1S/C21H28ClN3O2S/c1-4-23-21(25-16(2)13-14-28(3,26)27)24-15-18-7-5-6-8-20(18)17-9-11-19(22)12-10-17/h5-12,16H,4,13-15H2,1-3H3,(H2,23,24,25). The molecule has 0 aliphatic heterocycles. The zero-order valence-electron chi connectivity index (χ0n) is 16.6. The van der Waals surface area contributed by atoms with Crippen molar-refractivity contribution in [3.05, 3.63) is 59.1 Å². The molecule has 152 valence electrons. The Balaban J connectivity index is 2.13. The van der Waals surface area contributed by atoms with E-state index in [1.54, 1.807) is 0 Å². The Bertz CT molecular complexity index is 896. The number of hydrogen-bond donors (Lipinski definition) is 2. The third-order valence-electron chi connectivity index (χ3n) is 4.23. The summed E-state index contributed by atoms with van der Waals surface area (Å²) in [5, 5.41) is 7.21. The highest BCUT2D eigenvalue weighted by atomic mass is 35.5. The van der Waals surface area contributed by atoms with Gasteiger partial charge < -0.3 is 10.6 Å². The molecule has 0 saturated heterocycles. The molecular formula is C21H28ClN3O2S. The van der Waals surface area contributed by atoms with Crippen molar-refractivity contribution in [2.75, 3.05) is 18.6 Å². The first-order valence-corrected chi connectivity index (χ1v) is 11.8. The van der Waals surface area contributed by atoms with Crippen LogP contribution in [0.5, 0.6) is 0 Å². The van der Waals surface area contributed by atoms with E-state index in [1.807, 2.05) is 50.2 Å². The lowest BCUT2D eigenvalue weighted by Gasteiger charge is -2.18. The summed E-state index contributed by atoms with van der Waals surface area (Å²) < 4.78 is 22.7. The van der Waals surface area contributed by atoms with E-state index in [0.29, 0.717) is 23.9 Å². The summed E-state index contributed by atoms with van der Waals surface area (Å²) in [5.74, 6) is 0.828. The number of guanidine groups is 1. The molecule has 0 aromatic heterocycles. The summed E-state index contributed by atoms with van der Waals surface area (Å²) in [4.78, 5) is 4.69. The number of aliphatic imine (C=N–C) groups is 1. The largest absolute Gasteiger partial charge is 0.357 e. The monoisotopic (exact) mass is 421 g/mol. The average Bonchev–Trinajstić information content (AvgIpc) is 2.65. The number of sulfone groups is 1. The van der Waals surface area contributed by atoms with Crippen LogP contribution in [-0.2, 0) is 16.4 Å². The van der Waals surface area contributed by atoms with Gasteiger partial charge in [0.25, 0.3) is 0 Å². The molecule has 2 aromatic rings. The maximum Gasteiger partial charge on any atom is 0.191 e. The van der Waals surface area contributed by atoms with Crippen LogP contribution >= 0.6 is 11.6 Å². The Morgan fingerprint density at radius 3 is 2.46 bits per heavy atom. The molecular weight excluding hydrogens is 394 g/mol. The Labute approximate surface area is 173 Å². The van der Waals surface area contributed by atoms with Crippen molar-refractivity contribution in [1.29, 1.82) is 0 Å². The summed E-state index contributed by atoms with van der Waals surface area (Å²) in [6.45, 7) is 5.19. The fourth-order valence-electron chi connectivity index (χ4n) is 2.75.